The van der Waals surface area contributed by atoms with Crippen LogP contribution in [0, 0.1) is 6.92 Å². The predicted octanol–water partition coefficient (Wildman–Crippen LogP) is 4.70. The number of rotatable bonds is 2. The molecule has 1 fully saturated rings. The van der Waals surface area contributed by atoms with E-state index in [-0.39, 0.29) is 0 Å². The fourth-order valence-corrected chi connectivity index (χ4v) is 3.64. The fourth-order valence-electron chi connectivity index (χ4n) is 3.20. The summed E-state index contributed by atoms with van der Waals surface area (Å²) in [6.07, 6.45) is 8.51. The smallest absolute Gasteiger partial charge is 0.160 e. The van der Waals surface area contributed by atoms with Gasteiger partial charge in [0.25, 0.3) is 0 Å². The zero-order chi connectivity index (χ0) is 17.8. The standard InChI is InChI=1S/C13H18N4.C6H4Cl2/c1-10-9-17-7-4-15-13(17)12(11(10)8-14)16-5-2-3-6-16;7-5-2-1-3-6(8)4-5/h4,7,9H,2-3,5-6,8,14H2,1H3;1-4H. The number of nitrogens with two attached hydrogens (primary N) is 1. The summed E-state index contributed by atoms with van der Waals surface area (Å²) in [5.74, 6) is 0. The lowest BCUT2D eigenvalue weighted by atomic mass is 10.1. The highest BCUT2D eigenvalue weighted by Gasteiger charge is 2.20. The molecule has 0 bridgehead atoms. The number of nitrogens with zero attached hydrogens (tertiary/aromatic N) is 3. The van der Waals surface area contributed by atoms with Gasteiger partial charge in [0.1, 0.15) is 0 Å². The summed E-state index contributed by atoms with van der Waals surface area (Å²) in [7, 11) is 0. The topological polar surface area (TPSA) is 46.6 Å². The molecular formula is C19H22Cl2N4. The Kier molecular flexibility index (Phi) is 5.84. The molecule has 2 aromatic heterocycles. The van der Waals surface area contributed by atoms with Crippen molar-refractivity contribution >= 4 is 34.5 Å². The summed E-state index contributed by atoms with van der Waals surface area (Å²) in [5, 5.41) is 1.36. The Morgan fingerprint density at radius 3 is 2.40 bits per heavy atom. The highest BCUT2D eigenvalue weighted by atomic mass is 35.5. The summed E-state index contributed by atoms with van der Waals surface area (Å²) >= 11 is 11.1. The van der Waals surface area contributed by atoms with Crippen molar-refractivity contribution in [1.29, 1.82) is 0 Å². The maximum atomic E-state index is 5.92. The van der Waals surface area contributed by atoms with Crippen LogP contribution < -0.4 is 10.6 Å². The summed E-state index contributed by atoms with van der Waals surface area (Å²) in [5.41, 5.74) is 10.7. The van der Waals surface area contributed by atoms with Crippen molar-refractivity contribution in [2.45, 2.75) is 26.3 Å². The second-order valence-electron chi connectivity index (χ2n) is 6.14. The van der Waals surface area contributed by atoms with Crippen LogP contribution in [0.3, 0.4) is 0 Å². The number of hydrogen-bond acceptors (Lipinski definition) is 3. The van der Waals surface area contributed by atoms with Gasteiger partial charge >= 0.3 is 0 Å². The average molecular weight is 377 g/mol. The first-order valence-electron chi connectivity index (χ1n) is 8.41. The molecule has 0 aliphatic carbocycles. The molecule has 1 saturated heterocycles. The predicted molar refractivity (Wildman–Crippen MR) is 106 cm³/mol. The monoisotopic (exact) mass is 376 g/mol. The van der Waals surface area contributed by atoms with Gasteiger partial charge in [-0.3, -0.25) is 0 Å². The fraction of sp³-hybridized carbons (Fsp3) is 0.316. The van der Waals surface area contributed by atoms with E-state index in [0.717, 1.165) is 18.7 Å². The van der Waals surface area contributed by atoms with Gasteiger partial charge in [-0.2, -0.15) is 0 Å². The molecule has 0 atom stereocenters. The van der Waals surface area contributed by atoms with Crippen LogP contribution >= 0.6 is 23.2 Å². The number of aromatic nitrogens is 2. The second kappa shape index (κ2) is 8.09. The molecule has 25 heavy (non-hydrogen) atoms. The number of aryl methyl sites for hydroxylation is 1. The summed E-state index contributed by atoms with van der Waals surface area (Å²) in [6, 6.07) is 7.08. The maximum Gasteiger partial charge on any atom is 0.160 e. The number of hydrogen-bond donors (Lipinski definition) is 1. The summed E-state index contributed by atoms with van der Waals surface area (Å²) in [6.45, 7) is 4.96. The van der Waals surface area contributed by atoms with E-state index in [1.807, 2.05) is 18.5 Å². The lowest BCUT2D eigenvalue weighted by molar-refractivity contribution is 0.923. The van der Waals surface area contributed by atoms with E-state index in [0.29, 0.717) is 16.6 Å². The van der Waals surface area contributed by atoms with Gasteiger partial charge in [0, 0.05) is 48.3 Å². The first kappa shape index (κ1) is 18.1. The Balaban J connectivity index is 0.000000192. The molecule has 4 nitrogen and oxygen atoms in total. The molecule has 0 saturated carbocycles. The van der Waals surface area contributed by atoms with E-state index in [1.54, 1.807) is 18.2 Å². The highest BCUT2D eigenvalue weighted by Crippen LogP contribution is 2.30. The molecule has 0 spiro atoms. The van der Waals surface area contributed by atoms with E-state index >= 15 is 0 Å². The van der Waals surface area contributed by atoms with Crippen LogP contribution in [0.5, 0.6) is 0 Å². The van der Waals surface area contributed by atoms with E-state index in [2.05, 4.69) is 27.4 Å². The molecule has 1 aliphatic rings. The molecule has 1 aromatic carbocycles. The van der Waals surface area contributed by atoms with E-state index in [4.69, 9.17) is 28.9 Å². The maximum absolute atomic E-state index is 5.92. The minimum absolute atomic E-state index is 0.584. The van der Waals surface area contributed by atoms with E-state index in [1.165, 1.54) is 29.7 Å². The first-order valence-corrected chi connectivity index (χ1v) is 9.17. The number of pyridine rings is 1. The van der Waals surface area contributed by atoms with Crippen LogP contribution in [0.4, 0.5) is 5.69 Å². The van der Waals surface area contributed by atoms with Crippen molar-refractivity contribution in [3.05, 3.63) is 64.0 Å². The van der Waals surface area contributed by atoms with E-state index < -0.39 is 0 Å². The van der Waals surface area contributed by atoms with Crippen molar-refractivity contribution < 1.29 is 0 Å². The molecule has 2 N–H and O–H groups in total. The lowest BCUT2D eigenvalue weighted by Gasteiger charge is -2.23. The number of benzene rings is 1. The van der Waals surface area contributed by atoms with Gasteiger partial charge < -0.3 is 15.0 Å². The van der Waals surface area contributed by atoms with Gasteiger partial charge in [-0.15, -0.1) is 0 Å². The highest BCUT2D eigenvalue weighted by molar-refractivity contribution is 6.34. The molecule has 0 unspecified atom stereocenters. The van der Waals surface area contributed by atoms with Crippen LogP contribution in [0.25, 0.3) is 5.65 Å². The normalized spacial score (nSPS) is 13.8. The Morgan fingerprint density at radius 1 is 1.16 bits per heavy atom. The molecule has 1 aliphatic heterocycles. The minimum Gasteiger partial charge on any atom is -0.368 e. The van der Waals surface area contributed by atoms with Crippen LogP contribution in [-0.2, 0) is 6.54 Å². The molecule has 0 amide bonds. The van der Waals surface area contributed by atoms with Crippen LogP contribution in [0.2, 0.25) is 10.0 Å². The second-order valence-corrected chi connectivity index (χ2v) is 7.01. The van der Waals surface area contributed by atoms with Gasteiger partial charge in [0.05, 0.1) is 5.69 Å². The van der Waals surface area contributed by atoms with Crippen LogP contribution in [0.1, 0.15) is 24.0 Å². The molecular weight excluding hydrogens is 355 g/mol. The zero-order valence-electron chi connectivity index (χ0n) is 14.3. The summed E-state index contributed by atoms with van der Waals surface area (Å²) in [4.78, 5) is 6.91. The number of imidazole rings is 1. The number of halogens is 2. The molecule has 132 valence electrons. The molecule has 0 radical (unpaired) electrons. The van der Waals surface area contributed by atoms with Gasteiger partial charge in [-0.1, -0.05) is 29.3 Å². The Hall–Kier alpha value is -1.75. The van der Waals surface area contributed by atoms with Crippen LogP contribution in [-0.4, -0.2) is 22.5 Å². The summed E-state index contributed by atoms with van der Waals surface area (Å²) < 4.78 is 2.10. The third kappa shape index (κ3) is 4.09. The molecule has 3 heterocycles. The molecule has 3 aromatic rings. The first-order chi connectivity index (χ1) is 12.1. The average Bonchev–Trinajstić information content (AvgIpc) is 3.25. The van der Waals surface area contributed by atoms with Gasteiger partial charge in [-0.05, 0) is 49.1 Å². The largest absolute Gasteiger partial charge is 0.368 e. The Labute approximate surface area is 158 Å². The van der Waals surface area contributed by atoms with Gasteiger partial charge in [-0.25, -0.2) is 4.98 Å². The van der Waals surface area contributed by atoms with Crippen molar-refractivity contribution in [1.82, 2.24) is 9.38 Å². The SMILES string of the molecule is Cc1cn2ccnc2c(N2CCCC2)c1CN.Clc1cccc(Cl)c1. The van der Waals surface area contributed by atoms with Gasteiger partial charge in [0.15, 0.2) is 5.65 Å². The third-order valence-corrected chi connectivity index (χ3v) is 4.86. The van der Waals surface area contributed by atoms with Crippen molar-refractivity contribution in [2.24, 2.45) is 5.73 Å². The quantitative estimate of drug-likeness (QED) is 0.705. The van der Waals surface area contributed by atoms with Gasteiger partial charge in [0.2, 0.25) is 0 Å². The van der Waals surface area contributed by atoms with Crippen molar-refractivity contribution in [3.8, 4) is 0 Å². The molecule has 6 heteroatoms. The minimum atomic E-state index is 0.584. The zero-order valence-corrected chi connectivity index (χ0v) is 15.8. The third-order valence-electron chi connectivity index (χ3n) is 4.39. The van der Waals surface area contributed by atoms with Crippen molar-refractivity contribution in [2.75, 3.05) is 18.0 Å². The number of fused-ring (bicyclic) bond motifs is 1. The number of anilines is 1. The van der Waals surface area contributed by atoms with E-state index in [9.17, 15) is 0 Å². The van der Waals surface area contributed by atoms with Crippen LogP contribution in [0.15, 0.2) is 42.9 Å². The lowest BCUT2D eigenvalue weighted by Crippen LogP contribution is -2.22. The Morgan fingerprint density at radius 2 is 1.84 bits per heavy atom. The Bertz CT molecular complexity index is 837. The van der Waals surface area contributed by atoms with Crippen molar-refractivity contribution in [3.63, 3.8) is 0 Å². The molecule has 4 rings (SSSR count).